The fraction of sp³-hybridized carbons (Fsp3) is 0.192. The number of rotatable bonds is 3. The number of aromatic nitrogens is 2. The Balaban J connectivity index is 1.53. The SMILES string of the molecule is Oc1ccc2c(c1)sc1c3ccccc3c3c(ccn4cc(CN5CC(CF)C5)nc34)c21. The maximum Gasteiger partial charge on any atom is 0.145 e. The molecule has 7 rings (SSSR count). The zero-order valence-electron chi connectivity index (χ0n) is 17.3. The Hall–Kier alpha value is -3.22. The molecule has 4 nitrogen and oxygen atoms in total. The molecule has 0 amide bonds. The summed E-state index contributed by atoms with van der Waals surface area (Å²) < 4.78 is 17.3. The van der Waals surface area contributed by atoms with Crippen LogP contribution in [0.2, 0.25) is 0 Å². The molecule has 158 valence electrons. The van der Waals surface area contributed by atoms with Crippen LogP contribution < -0.4 is 0 Å². The van der Waals surface area contributed by atoms with Crippen molar-refractivity contribution >= 4 is 58.7 Å². The van der Waals surface area contributed by atoms with Gasteiger partial charge in [-0.3, -0.25) is 9.29 Å². The summed E-state index contributed by atoms with van der Waals surface area (Å²) >= 11 is 1.73. The molecule has 6 heteroatoms. The van der Waals surface area contributed by atoms with Gasteiger partial charge in [0.05, 0.1) is 12.4 Å². The second kappa shape index (κ2) is 6.64. The number of phenolic OH excluding ortho intramolecular Hbond substituents is 1. The Kier molecular flexibility index (Phi) is 3.81. The number of fused-ring (bicyclic) bond motifs is 10. The molecular weight excluding hydrogens is 421 g/mol. The molecule has 1 N–H and O–H groups in total. The highest BCUT2D eigenvalue weighted by Crippen LogP contribution is 2.45. The standard InChI is InChI=1S/C26H20FN3OS/c27-10-15-11-29(12-15)13-16-14-30-8-7-21-23-20-6-5-17(31)9-22(20)32-25(23)19-4-2-1-3-18(19)24(21)26(30)28-16/h1-9,14-15,31H,10-13H2. The molecule has 0 radical (unpaired) electrons. The zero-order valence-corrected chi connectivity index (χ0v) is 18.1. The number of hydrogen-bond donors (Lipinski definition) is 1. The first-order valence-electron chi connectivity index (χ1n) is 10.8. The molecule has 0 unspecified atom stereocenters. The molecule has 32 heavy (non-hydrogen) atoms. The summed E-state index contributed by atoms with van der Waals surface area (Å²) in [7, 11) is 0. The normalized spacial score (nSPS) is 15.5. The van der Waals surface area contributed by atoms with Crippen molar-refractivity contribution in [3.63, 3.8) is 0 Å². The largest absolute Gasteiger partial charge is 0.508 e. The Morgan fingerprint density at radius 3 is 2.69 bits per heavy atom. The van der Waals surface area contributed by atoms with Gasteiger partial charge in [-0.1, -0.05) is 24.3 Å². The van der Waals surface area contributed by atoms with Gasteiger partial charge in [0.2, 0.25) is 0 Å². The smallest absolute Gasteiger partial charge is 0.145 e. The van der Waals surface area contributed by atoms with Crippen LogP contribution >= 0.6 is 11.3 Å². The van der Waals surface area contributed by atoms with E-state index in [0.29, 0.717) is 5.75 Å². The number of halogens is 1. The maximum absolute atomic E-state index is 12.8. The van der Waals surface area contributed by atoms with Crippen molar-refractivity contribution in [1.29, 1.82) is 0 Å². The number of likely N-dealkylation sites (tertiary alicyclic amines) is 1. The minimum atomic E-state index is -0.235. The quantitative estimate of drug-likeness (QED) is 0.337. The first kappa shape index (κ1) is 18.4. The molecule has 0 bridgehead atoms. The van der Waals surface area contributed by atoms with E-state index in [2.05, 4.69) is 52.0 Å². The topological polar surface area (TPSA) is 40.8 Å². The van der Waals surface area contributed by atoms with Gasteiger partial charge in [0.25, 0.3) is 0 Å². The van der Waals surface area contributed by atoms with Crippen molar-refractivity contribution in [2.45, 2.75) is 6.54 Å². The van der Waals surface area contributed by atoms with Gasteiger partial charge in [-0.25, -0.2) is 4.98 Å². The third-order valence-corrected chi connectivity index (χ3v) is 7.88. The van der Waals surface area contributed by atoms with Crippen molar-refractivity contribution in [2.75, 3.05) is 19.8 Å². The van der Waals surface area contributed by atoms with Gasteiger partial charge in [-0.15, -0.1) is 11.3 Å². The summed E-state index contributed by atoms with van der Waals surface area (Å²) in [4.78, 5) is 7.29. The molecule has 1 aliphatic rings. The van der Waals surface area contributed by atoms with E-state index in [4.69, 9.17) is 4.98 Å². The van der Waals surface area contributed by atoms with E-state index in [0.717, 1.165) is 46.4 Å². The number of phenols is 1. The second-order valence-electron chi connectivity index (χ2n) is 8.81. The number of alkyl halides is 1. The van der Waals surface area contributed by atoms with E-state index in [1.165, 1.54) is 26.2 Å². The highest BCUT2D eigenvalue weighted by molar-refractivity contribution is 7.27. The van der Waals surface area contributed by atoms with Crippen molar-refractivity contribution in [3.8, 4) is 5.75 Å². The third-order valence-electron chi connectivity index (χ3n) is 6.70. The first-order valence-corrected chi connectivity index (χ1v) is 11.7. The van der Waals surface area contributed by atoms with Crippen LogP contribution in [0, 0.1) is 5.92 Å². The minimum Gasteiger partial charge on any atom is -0.508 e. The number of pyridine rings is 1. The van der Waals surface area contributed by atoms with Gasteiger partial charge in [0.15, 0.2) is 0 Å². The molecule has 1 aliphatic heterocycles. The molecule has 3 aromatic carbocycles. The average Bonchev–Trinajstić information content (AvgIpc) is 3.36. The zero-order chi connectivity index (χ0) is 21.4. The molecule has 3 aromatic heterocycles. The minimum absolute atomic E-state index is 0.177. The second-order valence-corrected chi connectivity index (χ2v) is 9.87. The molecule has 1 saturated heterocycles. The molecule has 0 aliphatic carbocycles. The summed E-state index contributed by atoms with van der Waals surface area (Å²) in [6, 6.07) is 16.3. The van der Waals surface area contributed by atoms with Gasteiger partial charge in [-0.05, 0) is 35.0 Å². The number of nitrogens with zero attached hydrogens (tertiary/aromatic N) is 3. The molecular formula is C26H20FN3OS. The van der Waals surface area contributed by atoms with Crippen LogP contribution in [0.1, 0.15) is 5.69 Å². The highest BCUT2D eigenvalue weighted by Gasteiger charge is 2.27. The van der Waals surface area contributed by atoms with Gasteiger partial charge in [0.1, 0.15) is 11.4 Å². The lowest BCUT2D eigenvalue weighted by Gasteiger charge is -2.37. The molecule has 4 heterocycles. The predicted molar refractivity (Wildman–Crippen MR) is 129 cm³/mol. The number of aromatic hydroxyl groups is 1. The van der Waals surface area contributed by atoms with Gasteiger partial charge in [0, 0.05) is 68.9 Å². The summed E-state index contributed by atoms with van der Waals surface area (Å²) in [6.07, 6.45) is 4.19. The van der Waals surface area contributed by atoms with E-state index in [9.17, 15) is 9.50 Å². The Bertz CT molecular complexity index is 1680. The Labute approximate surface area is 187 Å². The van der Waals surface area contributed by atoms with Crippen molar-refractivity contribution in [1.82, 2.24) is 14.3 Å². The molecule has 0 saturated carbocycles. The van der Waals surface area contributed by atoms with Crippen molar-refractivity contribution < 1.29 is 9.50 Å². The Morgan fingerprint density at radius 1 is 1.00 bits per heavy atom. The molecule has 0 atom stereocenters. The molecule has 6 aromatic rings. The van der Waals surface area contributed by atoms with Crippen LogP contribution in [0.4, 0.5) is 4.39 Å². The van der Waals surface area contributed by atoms with E-state index in [-0.39, 0.29) is 12.6 Å². The Morgan fingerprint density at radius 2 is 1.84 bits per heavy atom. The predicted octanol–water partition coefficient (Wildman–Crippen LogP) is 6.12. The van der Waals surface area contributed by atoms with Crippen LogP contribution in [-0.4, -0.2) is 39.2 Å². The monoisotopic (exact) mass is 441 g/mol. The lowest BCUT2D eigenvalue weighted by atomic mass is 9.98. The highest BCUT2D eigenvalue weighted by atomic mass is 32.1. The lowest BCUT2D eigenvalue weighted by molar-refractivity contribution is 0.0727. The third kappa shape index (κ3) is 2.54. The van der Waals surface area contributed by atoms with E-state index >= 15 is 0 Å². The maximum atomic E-state index is 12.8. The summed E-state index contributed by atoms with van der Waals surface area (Å²) in [5.41, 5.74) is 1.97. The van der Waals surface area contributed by atoms with E-state index in [1.807, 2.05) is 12.1 Å². The average molecular weight is 442 g/mol. The molecule has 0 spiro atoms. The lowest BCUT2D eigenvalue weighted by Crippen LogP contribution is -2.46. The van der Waals surface area contributed by atoms with Crippen LogP contribution in [-0.2, 0) is 6.54 Å². The summed E-state index contributed by atoms with van der Waals surface area (Å²) in [6.45, 7) is 2.13. The molecule has 1 fully saturated rings. The van der Waals surface area contributed by atoms with Crippen molar-refractivity contribution in [2.24, 2.45) is 5.92 Å². The number of benzene rings is 3. The summed E-state index contributed by atoms with van der Waals surface area (Å²) in [5.74, 6) is 0.468. The van der Waals surface area contributed by atoms with Crippen LogP contribution in [0.25, 0.3) is 47.4 Å². The van der Waals surface area contributed by atoms with E-state index < -0.39 is 0 Å². The van der Waals surface area contributed by atoms with Crippen LogP contribution in [0.15, 0.2) is 60.9 Å². The number of thiophene rings is 1. The number of imidazole rings is 1. The van der Waals surface area contributed by atoms with Gasteiger partial charge in [-0.2, -0.15) is 0 Å². The van der Waals surface area contributed by atoms with Crippen LogP contribution in [0.3, 0.4) is 0 Å². The fourth-order valence-electron chi connectivity index (χ4n) is 5.23. The van der Waals surface area contributed by atoms with Gasteiger partial charge < -0.3 is 9.51 Å². The summed E-state index contributed by atoms with van der Waals surface area (Å²) in [5, 5.41) is 17.1. The van der Waals surface area contributed by atoms with Crippen molar-refractivity contribution in [3.05, 3.63) is 66.6 Å². The first-order chi connectivity index (χ1) is 15.7. The van der Waals surface area contributed by atoms with Gasteiger partial charge >= 0.3 is 0 Å². The number of hydrogen-bond acceptors (Lipinski definition) is 4. The van der Waals surface area contributed by atoms with E-state index in [1.54, 1.807) is 17.4 Å². The van der Waals surface area contributed by atoms with Crippen LogP contribution in [0.5, 0.6) is 5.75 Å². The fourth-order valence-corrected chi connectivity index (χ4v) is 6.52.